The first-order chi connectivity index (χ1) is 6.69. The van der Waals surface area contributed by atoms with Crippen LogP contribution in [0, 0.1) is 5.82 Å². The molecule has 0 bridgehead atoms. The van der Waals surface area contributed by atoms with Crippen LogP contribution < -0.4 is 5.48 Å². The van der Waals surface area contributed by atoms with Gasteiger partial charge in [-0.25, -0.2) is 9.87 Å². The zero-order chi connectivity index (χ0) is 10.6. The Labute approximate surface area is 86.4 Å². The van der Waals surface area contributed by atoms with E-state index in [0.29, 0.717) is 16.1 Å². The number of rotatable bonds is 4. The number of hydrogen-bond donors (Lipinski definition) is 2. The number of hydrogen-bond acceptors (Lipinski definition) is 3. The van der Waals surface area contributed by atoms with E-state index in [-0.39, 0.29) is 13.2 Å². The molecule has 0 radical (unpaired) electrons. The van der Waals surface area contributed by atoms with Gasteiger partial charge < -0.3 is 9.94 Å². The van der Waals surface area contributed by atoms with Crippen molar-refractivity contribution in [3.8, 4) is 0 Å². The Kier molecular flexibility index (Phi) is 4.28. The molecule has 0 heterocycles. The molecular formula is C9H11ClFNO2. The molecule has 1 rings (SSSR count). The van der Waals surface area contributed by atoms with Crippen LogP contribution in [0.5, 0.6) is 0 Å². The summed E-state index contributed by atoms with van der Waals surface area (Å²) in [5, 5.41) is 8.74. The maximum Gasteiger partial charge on any atom is 0.130 e. The smallest absolute Gasteiger partial charge is 0.130 e. The molecule has 1 aromatic rings. The Bertz CT molecular complexity index is 297. The quantitative estimate of drug-likeness (QED) is 0.763. The summed E-state index contributed by atoms with van der Waals surface area (Å²) in [4.78, 5) is 0. The van der Waals surface area contributed by atoms with E-state index in [2.05, 4.69) is 0 Å². The molecular weight excluding hydrogens is 209 g/mol. The number of methoxy groups -OCH3 is 1. The van der Waals surface area contributed by atoms with Gasteiger partial charge in [-0.3, -0.25) is 0 Å². The number of hydroxylamine groups is 1. The van der Waals surface area contributed by atoms with Crippen LogP contribution in [0.2, 0.25) is 5.02 Å². The summed E-state index contributed by atoms with van der Waals surface area (Å²) in [7, 11) is 1.47. The third kappa shape index (κ3) is 2.65. The van der Waals surface area contributed by atoms with Crippen LogP contribution in [-0.4, -0.2) is 12.3 Å². The van der Waals surface area contributed by atoms with E-state index in [1.807, 2.05) is 5.48 Å². The highest BCUT2D eigenvalue weighted by Gasteiger charge is 2.08. The Morgan fingerprint density at radius 3 is 2.79 bits per heavy atom. The van der Waals surface area contributed by atoms with Gasteiger partial charge in [-0.2, -0.15) is 0 Å². The van der Waals surface area contributed by atoms with Crippen molar-refractivity contribution in [1.29, 1.82) is 0 Å². The van der Waals surface area contributed by atoms with Gasteiger partial charge in [-0.1, -0.05) is 11.6 Å². The van der Waals surface area contributed by atoms with Crippen molar-refractivity contribution in [3.63, 3.8) is 0 Å². The van der Waals surface area contributed by atoms with Gasteiger partial charge >= 0.3 is 0 Å². The Morgan fingerprint density at radius 1 is 1.57 bits per heavy atom. The SMILES string of the molecule is COCc1c(F)cc(CNO)cc1Cl. The standard InChI is InChI=1S/C9H11ClFNO2/c1-14-5-7-8(10)2-6(4-12-13)3-9(7)11/h2-3,12-13H,4-5H2,1H3. The van der Waals surface area contributed by atoms with Crippen molar-refractivity contribution < 1.29 is 14.3 Å². The lowest BCUT2D eigenvalue weighted by atomic mass is 10.1. The van der Waals surface area contributed by atoms with Crippen LogP contribution in [-0.2, 0) is 17.9 Å². The highest BCUT2D eigenvalue weighted by atomic mass is 35.5. The highest BCUT2D eigenvalue weighted by molar-refractivity contribution is 6.31. The third-order valence-electron chi connectivity index (χ3n) is 1.77. The number of halogens is 2. The average Bonchev–Trinajstić information content (AvgIpc) is 2.12. The van der Waals surface area contributed by atoms with Crippen LogP contribution in [0.25, 0.3) is 0 Å². The van der Waals surface area contributed by atoms with Crippen molar-refractivity contribution in [1.82, 2.24) is 5.48 Å². The van der Waals surface area contributed by atoms with E-state index in [1.165, 1.54) is 13.2 Å². The van der Waals surface area contributed by atoms with Crippen LogP contribution in [0.3, 0.4) is 0 Å². The summed E-state index contributed by atoms with van der Waals surface area (Å²) in [6.07, 6.45) is 0. The third-order valence-corrected chi connectivity index (χ3v) is 2.11. The van der Waals surface area contributed by atoms with Gasteiger partial charge in [0.25, 0.3) is 0 Å². The Balaban J connectivity index is 2.98. The number of ether oxygens (including phenoxy) is 1. The van der Waals surface area contributed by atoms with E-state index in [4.69, 9.17) is 21.5 Å². The molecule has 0 aliphatic heterocycles. The predicted molar refractivity (Wildman–Crippen MR) is 50.7 cm³/mol. The molecule has 0 atom stereocenters. The molecule has 0 aliphatic carbocycles. The first-order valence-electron chi connectivity index (χ1n) is 4.01. The summed E-state index contributed by atoms with van der Waals surface area (Å²) < 4.78 is 18.1. The molecule has 0 aromatic heterocycles. The molecule has 0 amide bonds. The topological polar surface area (TPSA) is 41.5 Å². The van der Waals surface area contributed by atoms with Crippen molar-refractivity contribution in [2.45, 2.75) is 13.2 Å². The summed E-state index contributed by atoms with van der Waals surface area (Å²) in [6, 6.07) is 2.89. The van der Waals surface area contributed by atoms with E-state index in [1.54, 1.807) is 6.07 Å². The molecule has 5 heteroatoms. The van der Waals surface area contributed by atoms with Gasteiger partial charge in [-0.15, -0.1) is 0 Å². The molecule has 2 N–H and O–H groups in total. The largest absolute Gasteiger partial charge is 0.380 e. The van der Waals surface area contributed by atoms with E-state index in [9.17, 15) is 4.39 Å². The van der Waals surface area contributed by atoms with Crippen molar-refractivity contribution >= 4 is 11.6 Å². The second kappa shape index (κ2) is 5.26. The second-order valence-electron chi connectivity index (χ2n) is 2.81. The summed E-state index contributed by atoms with van der Waals surface area (Å²) in [6.45, 7) is 0.293. The predicted octanol–water partition coefficient (Wildman–Crippen LogP) is 2.10. The summed E-state index contributed by atoms with van der Waals surface area (Å²) in [5.74, 6) is -0.426. The van der Waals surface area contributed by atoms with Gasteiger partial charge in [0.05, 0.1) is 6.61 Å². The van der Waals surface area contributed by atoms with Crippen LogP contribution in [0.4, 0.5) is 4.39 Å². The minimum atomic E-state index is -0.426. The van der Waals surface area contributed by atoms with Crippen molar-refractivity contribution in [2.75, 3.05) is 7.11 Å². The summed E-state index contributed by atoms with van der Waals surface area (Å²) in [5.41, 5.74) is 2.84. The van der Waals surface area contributed by atoms with Gasteiger partial charge in [0.15, 0.2) is 0 Å². The normalized spacial score (nSPS) is 10.6. The van der Waals surface area contributed by atoms with Gasteiger partial charge in [0.1, 0.15) is 5.82 Å². The van der Waals surface area contributed by atoms with E-state index in [0.717, 1.165) is 0 Å². The van der Waals surface area contributed by atoms with E-state index < -0.39 is 5.82 Å². The Morgan fingerprint density at radius 2 is 2.29 bits per heavy atom. The lowest BCUT2D eigenvalue weighted by molar-refractivity contribution is 0.161. The molecule has 78 valence electrons. The molecule has 1 aromatic carbocycles. The fraction of sp³-hybridized carbons (Fsp3) is 0.333. The molecule has 0 spiro atoms. The maximum absolute atomic E-state index is 13.3. The lowest BCUT2D eigenvalue weighted by Gasteiger charge is -2.07. The van der Waals surface area contributed by atoms with Crippen LogP contribution in [0.15, 0.2) is 12.1 Å². The average molecular weight is 220 g/mol. The van der Waals surface area contributed by atoms with Crippen LogP contribution >= 0.6 is 11.6 Å². The van der Waals surface area contributed by atoms with Gasteiger partial charge in [0, 0.05) is 24.2 Å². The zero-order valence-electron chi connectivity index (χ0n) is 7.68. The molecule has 0 saturated carbocycles. The van der Waals surface area contributed by atoms with Gasteiger partial charge in [0.2, 0.25) is 0 Å². The minimum absolute atomic E-state index is 0.136. The minimum Gasteiger partial charge on any atom is -0.380 e. The van der Waals surface area contributed by atoms with E-state index >= 15 is 0 Å². The van der Waals surface area contributed by atoms with Gasteiger partial charge in [-0.05, 0) is 17.7 Å². The number of nitrogens with one attached hydrogen (secondary N) is 1. The first-order valence-corrected chi connectivity index (χ1v) is 4.39. The van der Waals surface area contributed by atoms with Crippen molar-refractivity contribution in [2.24, 2.45) is 0 Å². The number of benzene rings is 1. The monoisotopic (exact) mass is 219 g/mol. The fourth-order valence-corrected chi connectivity index (χ4v) is 1.42. The molecule has 3 nitrogen and oxygen atoms in total. The molecule has 0 aliphatic rings. The summed E-state index contributed by atoms with van der Waals surface area (Å²) >= 11 is 5.82. The molecule has 14 heavy (non-hydrogen) atoms. The maximum atomic E-state index is 13.3. The highest BCUT2D eigenvalue weighted by Crippen LogP contribution is 2.22. The molecule has 0 saturated heterocycles. The first kappa shape index (κ1) is 11.4. The zero-order valence-corrected chi connectivity index (χ0v) is 8.44. The fourth-order valence-electron chi connectivity index (χ4n) is 1.13. The molecule has 0 fully saturated rings. The van der Waals surface area contributed by atoms with Crippen molar-refractivity contribution in [3.05, 3.63) is 34.1 Å². The molecule has 0 unspecified atom stereocenters. The van der Waals surface area contributed by atoms with Crippen LogP contribution in [0.1, 0.15) is 11.1 Å². The Hall–Kier alpha value is -0.680. The lowest BCUT2D eigenvalue weighted by Crippen LogP contribution is -2.07. The second-order valence-corrected chi connectivity index (χ2v) is 3.21.